The number of pyridine rings is 1. The van der Waals surface area contributed by atoms with Crippen LogP contribution >= 0.6 is 23.2 Å². The van der Waals surface area contributed by atoms with Crippen molar-refractivity contribution in [1.29, 1.82) is 0 Å². The third-order valence-electron chi connectivity index (χ3n) is 4.84. The van der Waals surface area contributed by atoms with Crippen LogP contribution < -0.4 is 14.5 Å². The number of esters is 1. The molecule has 192 valence electrons. The molecule has 0 spiro atoms. The first-order chi connectivity index (χ1) is 16.7. The highest BCUT2D eigenvalue weighted by molar-refractivity contribution is 6.35. The molecule has 3 aromatic rings. The number of halogens is 4. The van der Waals surface area contributed by atoms with Gasteiger partial charge in [0.2, 0.25) is 0 Å². The lowest BCUT2D eigenvalue weighted by molar-refractivity contribution is -0.377. The second-order valence-electron chi connectivity index (χ2n) is 7.72. The van der Waals surface area contributed by atoms with Crippen LogP contribution in [0.25, 0.3) is 0 Å². The molecule has 0 saturated heterocycles. The summed E-state index contributed by atoms with van der Waals surface area (Å²) in [5.74, 6) is -0.758. The molecular weight excluding hydrogens is 519 g/mol. The average molecular weight is 542 g/mol. The summed E-state index contributed by atoms with van der Waals surface area (Å²) >= 11 is 12.6. The van der Waals surface area contributed by atoms with Crippen LogP contribution in [0.1, 0.15) is 51.8 Å². The van der Waals surface area contributed by atoms with Gasteiger partial charge in [0, 0.05) is 17.5 Å². The van der Waals surface area contributed by atoms with Crippen molar-refractivity contribution < 1.29 is 43.0 Å². The van der Waals surface area contributed by atoms with Gasteiger partial charge in [0.1, 0.15) is 22.4 Å². The summed E-state index contributed by atoms with van der Waals surface area (Å²) in [6, 6.07) is 10.2. The van der Waals surface area contributed by atoms with Crippen LogP contribution in [0.2, 0.25) is 10.0 Å². The number of rotatable bonds is 10. The quantitative estimate of drug-likeness (QED) is 0.231. The molecule has 1 aromatic heterocycles. The van der Waals surface area contributed by atoms with E-state index in [1.165, 1.54) is 54.9 Å². The lowest BCUT2D eigenvalue weighted by Crippen LogP contribution is -2.16. The fourth-order valence-electron chi connectivity index (χ4n) is 3.24. The first-order valence-corrected chi connectivity index (χ1v) is 11.3. The highest BCUT2D eigenvalue weighted by Crippen LogP contribution is 2.36. The lowest BCUT2D eigenvalue weighted by atomic mass is 10.0. The van der Waals surface area contributed by atoms with Gasteiger partial charge < -0.3 is 19.7 Å². The number of hydrogen-bond donors (Lipinski definition) is 0. The van der Waals surface area contributed by atoms with Gasteiger partial charge >= 0.3 is 12.6 Å². The number of aldehydes is 1. The molecule has 0 fully saturated rings. The molecule has 36 heavy (non-hydrogen) atoms. The second-order valence-corrected chi connectivity index (χ2v) is 8.53. The zero-order valence-electron chi connectivity index (χ0n) is 19.2. The smallest absolute Gasteiger partial charge is 0.387 e. The van der Waals surface area contributed by atoms with E-state index >= 15 is 0 Å². The molecule has 0 bridgehead atoms. The van der Waals surface area contributed by atoms with E-state index < -0.39 is 18.7 Å². The standard InChI is InChI=1S/C25H21Cl2F2NO5.H2O/c1-14(2)33-23-9-17(7-8-21(23)35-25(28)29)22(10-18-19(26)11-30-12-20(18)27)34-24(32)16-5-3-15(13-31)4-6-16;/h3-9,11-14,22,25H,10H2,1-2H3;1H2/t22-;/m0./s1. The lowest BCUT2D eigenvalue weighted by Gasteiger charge is -2.22. The molecule has 0 unspecified atom stereocenters. The van der Waals surface area contributed by atoms with Crippen molar-refractivity contribution in [2.75, 3.05) is 0 Å². The number of aromatic nitrogens is 1. The van der Waals surface area contributed by atoms with E-state index in [1.807, 2.05) is 0 Å². The minimum absolute atomic E-state index is 0. The van der Waals surface area contributed by atoms with Gasteiger partial charge in [0.15, 0.2) is 23.9 Å². The SMILES string of the molecule is CC(C)Oc1cc([C@H](Cc2c(Cl)c[nH+]cc2Cl)OC(=O)c2ccc(C=O)cc2)ccc1OC(F)F.[OH-]. The van der Waals surface area contributed by atoms with Gasteiger partial charge in [-0.15, -0.1) is 0 Å². The highest BCUT2D eigenvalue weighted by Gasteiger charge is 2.25. The first-order valence-electron chi connectivity index (χ1n) is 10.5. The first kappa shape index (κ1) is 29.0. The third kappa shape index (κ3) is 7.61. The average Bonchev–Trinajstić information content (AvgIpc) is 2.81. The molecule has 1 atom stereocenters. The topological polar surface area (TPSA) is 106 Å². The number of carbonyl (C=O) groups excluding carboxylic acids is 2. The molecular formula is C25H23Cl2F2NO6. The Morgan fingerprint density at radius 1 is 1.00 bits per heavy atom. The molecule has 1 heterocycles. The van der Waals surface area contributed by atoms with Crippen LogP contribution in [0.15, 0.2) is 54.9 Å². The van der Waals surface area contributed by atoms with Crippen LogP contribution in [-0.4, -0.2) is 30.4 Å². The van der Waals surface area contributed by atoms with Gasteiger partial charge in [-0.2, -0.15) is 8.78 Å². The highest BCUT2D eigenvalue weighted by atomic mass is 35.5. The maximum absolute atomic E-state index is 12.9. The number of nitrogens with one attached hydrogen (secondary N) is 1. The molecule has 0 aliphatic carbocycles. The molecule has 2 aromatic carbocycles. The molecule has 3 rings (SSSR count). The number of alkyl halides is 2. The van der Waals surface area contributed by atoms with E-state index in [0.717, 1.165) is 0 Å². The predicted octanol–water partition coefficient (Wildman–Crippen LogP) is 5.97. The van der Waals surface area contributed by atoms with E-state index in [2.05, 4.69) is 9.72 Å². The Bertz CT molecular complexity index is 1170. The van der Waals surface area contributed by atoms with E-state index in [0.29, 0.717) is 33.0 Å². The minimum Gasteiger partial charge on any atom is -0.870 e. The molecule has 0 amide bonds. The maximum atomic E-state index is 12.9. The molecule has 11 heteroatoms. The molecule has 2 N–H and O–H groups in total. The summed E-state index contributed by atoms with van der Waals surface area (Å²) in [6.07, 6.45) is 2.56. The van der Waals surface area contributed by atoms with Crippen LogP contribution in [0.5, 0.6) is 11.5 Å². The van der Waals surface area contributed by atoms with E-state index in [1.54, 1.807) is 13.8 Å². The van der Waals surface area contributed by atoms with E-state index in [-0.39, 0.29) is 35.1 Å². The fourth-order valence-corrected chi connectivity index (χ4v) is 3.78. The van der Waals surface area contributed by atoms with E-state index in [9.17, 15) is 18.4 Å². The number of hydrogen-bond acceptors (Lipinski definition) is 6. The van der Waals surface area contributed by atoms with Gasteiger partial charge in [-0.1, -0.05) is 41.4 Å². The Morgan fingerprint density at radius 2 is 1.64 bits per heavy atom. The third-order valence-corrected chi connectivity index (χ3v) is 5.51. The summed E-state index contributed by atoms with van der Waals surface area (Å²) < 4.78 is 41.8. The minimum atomic E-state index is -3.04. The summed E-state index contributed by atoms with van der Waals surface area (Å²) in [4.78, 5) is 26.6. The van der Waals surface area contributed by atoms with Crippen molar-refractivity contribution in [3.8, 4) is 11.5 Å². The predicted molar refractivity (Wildman–Crippen MR) is 127 cm³/mol. The Morgan fingerprint density at radius 3 is 2.19 bits per heavy atom. The van der Waals surface area contributed by atoms with Crippen molar-refractivity contribution in [2.24, 2.45) is 0 Å². The van der Waals surface area contributed by atoms with Gasteiger partial charge in [0.05, 0.1) is 11.7 Å². The van der Waals surface area contributed by atoms with Gasteiger partial charge in [0.25, 0.3) is 0 Å². The number of ether oxygens (including phenoxy) is 3. The van der Waals surface area contributed by atoms with Gasteiger partial charge in [-0.25, -0.2) is 9.78 Å². The zero-order chi connectivity index (χ0) is 25.5. The number of carbonyl (C=O) groups is 2. The normalized spacial score (nSPS) is 11.6. The Kier molecular flexibility index (Phi) is 10.6. The molecule has 0 aliphatic heterocycles. The van der Waals surface area contributed by atoms with Crippen LogP contribution in [0.3, 0.4) is 0 Å². The van der Waals surface area contributed by atoms with Crippen LogP contribution in [0.4, 0.5) is 8.78 Å². The zero-order valence-corrected chi connectivity index (χ0v) is 20.7. The summed E-state index contributed by atoms with van der Waals surface area (Å²) in [5.41, 5.74) is 1.58. The van der Waals surface area contributed by atoms with Crippen LogP contribution in [0, 0.1) is 0 Å². The summed E-state index contributed by atoms with van der Waals surface area (Å²) in [7, 11) is 0. The Balaban J connectivity index is 0.00000456. The van der Waals surface area contributed by atoms with Crippen molar-refractivity contribution in [3.63, 3.8) is 0 Å². The van der Waals surface area contributed by atoms with Crippen molar-refractivity contribution >= 4 is 35.5 Å². The number of benzene rings is 2. The monoisotopic (exact) mass is 541 g/mol. The molecule has 0 aliphatic rings. The van der Waals surface area contributed by atoms with Crippen LogP contribution in [-0.2, 0) is 11.2 Å². The van der Waals surface area contributed by atoms with E-state index in [4.69, 9.17) is 32.7 Å². The summed E-state index contributed by atoms with van der Waals surface area (Å²) in [6.45, 7) is 0.426. The molecule has 0 radical (unpaired) electrons. The second kappa shape index (κ2) is 13.2. The van der Waals surface area contributed by atoms with Crippen molar-refractivity contribution in [1.82, 2.24) is 0 Å². The van der Waals surface area contributed by atoms with Gasteiger partial charge in [-0.05, 0) is 43.7 Å². The maximum Gasteiger partial charge on any atom is 0.387 e. The summed E-state index contributed by atoms with van der Waals surface area (Å²) in [5, 5.41) is 0.649. The Hall–Kier alpha value is -3.27. The fraction of sp³-hybridized carbons (Fsp3) is 0.240. The Labute approximate surface area is 216 Å². The van der Waals surface area contributed by atoms with Gasteiger partial charge in [-0.3, -0.25) is 4.79 Å². The molecule has 0 saturated carbocycles. The largest absolute Gasteiger partial charge is 0.870 e. The molecule has 7 nitrogen and oxygen atoms in total. The number of H-pyrrole nitrogens is 1. The van der Waals surface area contributed by atoms with Crippen molar-refractivity contribution in [2.45, 2.75) is 39.1 Å². The van der Waals surface area contributed by atoms with Crippen molar-refractivity contribution in [3.05, 3.63) is 87.2 Å². The number of aromatic amines is 1.